The summed E-state index contributed by atoms with van der Waals surface area (Å²) in [5.74, 6) is 6.57. The zero-order valence-corrected chi connectivity index (χ0v) is 17.2. The van der Waals surface area contributed by atoms with Gasteiger partial charge in [0, 0.05) is 34.0 Å². The smallest absolute Gasteiger partial charge is 0.0919 e. The minimum Gasteiger partial charge on any atom is -0.303 e. The Labute approximate surface area is 167 Å². The molecule has 0 aliphatic carbocycles. The summed E-state index contributed by atoms with van der Waals surface area (Å²) in [4.78, 5) is 2.25. The van der Waals surface area contributed by atoms with Crippen molar-refractivity contribution in [1.82, 2.24) is 9.27 Å². The zero-order valence-electron chi connectivity index (χ0n) is 14.8. The van der Waals surface area contributed by atoms with E-state index < -0.39 is 0 Å². The van der Waals surface area contributed by atoms with E-state index in [1.807, 2.05) is 18.2 Å². The lowest BCUT2D eigenvalue weighted by Gasteiger charge is -2.12. The number of benzene rings is 2. The van der Waals surface area contributed by atoms with Crippen molar-refractivity contribution in [1.29, 1.82) is 0 Å². The van der Waals surface area contributed by atoms with Gasteiger partial charge in [-0.1, -0.05) is 52.0 Å². The van der Waals surface area contributed by atoms with Gasteiger partial charge in [0.1, 0.15) is 0 Å². The molecule has 0 N–H and O–H groups in total. The van der Waals surface area contributed by atoms with Crippen LogP contribution in [0.1, 0.15) is 18.4 Å². The molecule has 2 aromatic carbocycles. The normalized spacial score (nSPS) is 10.7. The fourth-order valence-electron chi connectivity index (χ4n) is 2.74. The van der Waals surface area contributed by atoms with Crippen LogP contribution in [-0.4, -0.2) is 29.4 Å². The van der Waals surface area contributed by atoms with E-state index in [1.54, 1.807) is 0 Å². The molecule has 1 aromatic heterocycles. The Morgan fingerprint density at radius 1 is 1.23 bits per heavy atom. The summed E-state index contributed by atoms with van der Waals surface area (Å²) in [6, 6.07) is 14.7. The molecule has 1 heterocycles. The van der Waals surface area contributed by atoms with E-state index in [2.05, 4.69) is 81.0 Å². The van der Waals surface area contributed by atoms with E-state index in [0.29, 0.717) is 0 Å². The Hall–Kier alpha value is -1.93. The maximum absolute atomic E-state index is 4.65. The van der Waals surface area contributed by atoms with Crippen molar-refractivity contribution in [3.63, 3.8) is 0 Å². The lowest BCUT2D eigenvalue weighted by Crippen LogP contribution is -2.19. The van der Waals surface area contributed by atoms with E-state index in [-0.39, 0.29) is 0 Å². The number of likely N-dealkylation sites (N-methyl/N-ethyl adjacent to an activating group) is 1. The topological polar surface area (TPSA) is 16.1 Å². The number of halogens is 1. The van der Waals surface area contributed by atoms with E-state index in [4.69, 9.17) is 0 Å². The van der Waals surface area contributed by atoms with Gasteiger partial charge in [-0.15, -0.1) is 6.58 Å². The van der Waals surface area contributed by atoms with Crippen molar-refractivity contribution < 1.29 is 0 Å². The molecule has 3 rings (SSSR count). The number of hydrogen-bond donors (Lipinski definition) is 0. The quantitative estimate of drug-likeness (QED) is 0.275. The van der Waals surface area contributed by atoms with Crippen molar-refractivity contribution in [2.75, 3.05) is 20.1 Å². The molecule has 0 radical (unpaired) electrons. The maximum atomic E-state index is 4.65. The standard InChI is InChI=1S/C22H21BrN2S/c1-3-14-25(2)15-6-4-5-7-17-8-13-20-21(16-17)26-24-22(20)18-9-11-19(23)12-10-18/h3,8-13,16H,1,4,6,14-15H2,2H3. The van der Waals surface area contributed by atoms with Gasteiger partial charge >= 0.3 is 0 Å². The average Bonchev–Trinajstić information content (AvgIpc) is 3.05. The highest BCUT2D eigenvalue weighted by atomic mass is 79.9. The highest BCUT2D eigenvalue weighted by Crippen LogP contribution is 2.31. The van der Waals surface area contributed by atoms with Crippen LogP contribution in [0.25, 0.3) is 21.3 Å². The second-order valence-corrected chi connectivity index (χ2v) is 7.93. The van der Waals surface area contributed by atoms with Gasteiger partial charge in [0.2, 0.25) is 0 Å². The van der Waals surface area contributed by atoms with E-state index in [0.717, 1.165) is 47.2 Å². The SMILES string of the molecule is C=CCN(C)CCCC#Cc1ccc2c(-c3ccc(Br)cc3)nsc2c1. The second-order valence-electron chi connectivity index (χ2n) is 6.21. The molecule has 0 aliphatic rings. The molecular weight excluding hydrogens is 404 g/mol. The maximum Gasteiger partial charge on any atom is 0.0919 e. The first-order chi connectivity index (χ1) is 12.7. The van der Waals surface area contributed by atoms with Gasteiger partial charge in [-0.3, -0.25) is 0 Å². The van der Waals surface area contributed by atoms with Crippen LogP contribution in [-0.2, 0) is 0 Å². The number of aromatic nitrogens is 1. The Morgan fingerprint density at radius 2 is 2.04 bits per heavy atom. The molecule has 0 atom stereocenters. The van der Waals surface area contributed by atoms with Gasteiger partial charge in [0.05, 0.1) is 10.4 Å². The summed E-state index contributed by atoms with van der Waals surface area (Å²) in [6.07, 6.45) is 3.92. The molecule has 3 aromatic rings. The van der Waals surface area contributed by atoms with Crippen LogP contribution in [0.4, 0.5) is 0 Å². The van der Waals surface area contributed by atoms with Crippen LogP contribution in [0.3, 0.4) is 0 Å². The van der Waals surface area contributed by atoms with Crippen LogP contribution < -0.4 is 0 Å². The molecule has 0 amide bonds. The summed E-state index contributed by atoms with van der Waals surface area (Å²) < 4.78 is 6.91. The number of unbranched alkanes of at least 4 members (excludes halogenated alkanes) is 1. The first kappa shape index (κ1) is 18.8. The third kappa shape index (κ3) is 4.82. The van der Waals surface area contributed by atoms with E-state index in [9.17, 15) is 0 Å². The van der Waals surface area contributed by atoms with Gasteiger partial charge < -0.3 is 4.90 Å². The molecule has 0 spiro atoms. The summed E-state index contributed by atoms with van der Waals surface area (Å²) in [5, 5.41) is 1.19. The lowest BCUT2D eigenvalue weighted by molar-refractivity contribution is 0.366. The van der Waals surface area contributed by atoms with E-state index >= 15 is 0 Å². The number of fused-ring (bicyclic) bond motifs is 1. The highest BCUT2D eigenvalue weighted by molar-refractivity contribution is 9.10. The molecule has 26 heavy (non-hydrogen) atoms. The highest BCUT2D eigenvalue weighted by Gasteiger charge is 2.08. The molecule has 0 bridgehead atoms. The molecule has 2 nitrogen and oxygen atoms in total. The lowest BCUT2D eigenvalue weighted by atomic mass is 10.1. The first-order valence-corrected chi connectivity index (χ1v) is 10.2. The molecule has 0 unspecified atom stereocenters. The van der Waals surface area contributed by atoms with Gasteiger partial charge in [0.25, 0.3) is 0 Å². The molecule has 4 heteroatoms. The average molecular weight is 425 g/mol. The van der Waals surface area contributed by atoms with Crippen molar-refractivity contribution in [3.8, 4) is 23.1 Å². The summed E-state index contributed by atoms with van der Waals surface area (Å²) in [6.45, 7) is 5.73. The van der Waals surface area contributed by atoms with Crippen molar-refractivity contribution in [2.45, 2.75) is 12.8 Å². The predicted molar refractivity (Wildman–Crippen MR) is 117 cm³/mol. The van der Waals surface area contributed by atoms with Crippen LogP contribution >= 0.6 is 27.5 Å². The monoisotopic (exact) mass is 424 g/mol. The molecule has 0 fully saturated rings. The molecule has 132 valence electrons. The number of rotatable bonds is 6. The van der Waals surface area contributed by atoms with Crippen LogP contribution in [0.15, 0.2) is 59.6 Å². The largest absolute Gasteiger partial charge is 0.303 e. The molecule has 0 saturated carbocycles. The Balaban J connectivity index is 1.68. The second kappa shape index (κ2) is 9.14. The Morgan fingerprint density at radius 3 is 2.81 bits per heavy atom. The predicted octanol–water partition coefficient (Wildman–Crippen LogP) is 5.98. The van der Waals surface area contributed by atoms with Gasteiger partial charge in [0.15, 0.2) is 0 Å². The van der Waals surface area contributed by atoms with Gasteiger partial charge in [-0.25, -0.2) is 0 Å². The number of nitrogens with zero attached hydrogens (tertiary/aromatic N) is 2. The first-order valence-electron chi connectivity index (χ1n) is 8.61. The fraction of sp³-hybridized carbons (Fsp3) is 0.227. The van der Waals surface area contributed by atoms with Gasteiger partial charge in [-0.2, -0.15) is 4.37 Å². The summed E-state index contributed by atoms with van der Waals surface area (Å²) in [5.41, 5.74) is 3.24. The van der Waals surface area contributed by atoms with Gasteiger partial charge in [-0.05, 0) is 55.8 Å². The van der Waals surface area contributed by atoms with Crippen molar-refractivity contribution in [2.24, 2.45) is 0 Å². The third-order valence-electron chi connectivity index (χ3n) is 4.10. The Bertz CT molecular complexity index is 948. The van der Waals surface area contributed by atoms with Crippen molar-refractivity contribution in [3.05, 3.63) is 65.2 Å². The van der Waals surface area contributed by atoms with Crippen LogP contribution in [0, 0.1) is 11.8 Å². The van der Waals surface area contributed by atoms with Crippen molar-refractivity contribution >= 4 is 37.5 Å². The van der Waals surface area contributed by atoms with Crippen LogP contribution in [0.5, 0.6) is 0 Å². The van der Waals surface area contributed by atoms with Crippen LogP contribution in [0.2, 0.25) is 0 Å². The third-order valence-corrected chi connectivity index (χ3v) is 5.44. The summed E-state index contributed by atoms with van der Waals surface area (Å²) >= 11 is 5.01. The number of hydrogen-bond acceptors (Lipinski definition) is 3. The fourth-order valence-corrected chi connectivity index (χ4v) is 3.85. The minimum atomic E-state index is 0.909. The Kier molecular flexibility index (Phi) is 6.62. The minimum absolute atomic E-state index is 0.909. The zero-order chi connectivity index (χ0) is 18.4. The van der Waals surface area contributed by atoms with E-state index in [1.165, 1.54) is 21.6 Å². The molecule has 0 saturated heterocycles. The molecule has 0 aliphatic heterocycles. The molecular formula is C22H21BrN2S. The summed E-state index contributed by atoms with van der Waals surface area (Å²) in [7, 11) is 2.11.